The number of halogens is 1. The van der Waals surface area contributed by atoms with Crippen molar-refractivity contribution in [1.29, 1.82) is 0 Å². The normalized spacial score (nSPS) is 16.8. The third-order valence-corrected chi connectivity index (χ3v) is 2.39. The molecule has 0 aliphatic carbocycles. The lowest BCUT2D eigenvalue weighted by molar-refractivity contribution is 0.629. The van der Waals surface area contributed by atoms with Gasteiger partial charge < -0.3 is 0 Å². The first-order valence-corrected chi connectivity index (χ1v) is 5.24. The molecule has 0 fully saturated rings. The second kappa shape index (κ2) is 5.49. The minimum Gasteiger partial charge on any atom is -0.119 e. The molecule has 0 radical (unpaired) electrons. The lowest BCUT2D eigenvalue weighted by Gasteiger charge is -2.20. The Bertz CT molecular complexity index is 199. The number of rotatable bonds is 5. The van der Waals surface area contributed by atoms with E-state index in [1.165, 1.54) is 5.57 Å². The fourth-order valence-electron chi connectivity index (χ4n) is 1.23. The van der Waals surface area contributed by atoms with Crippen molar-refractivity contribution in [3.63, 3.8) is 0 Å². The molecule has 0 N–H and O–H groups in total. The van der Waals surface area contributed by atoms with Crippen LogP contribution in [0.4, 0.5) is 0 Å². The van der Waals surface area contributed by atoms with Gasteiger partial charge in [-0.15, -0.1) is 18.2 Å². The summed E-state index contributed by atoms with van der Waals surface area (Å²) in [6.07, 6.45) is 5.17. The molecule has 0 amide bonds. The van der Waals surface area contributed by atoms with Gasteiger partial charge in [0, 0.05) is 4.87 Å². The average Bonchev–Trinajstić information content (AvgIpc) is 1.98. The molecule has 0 aromatic rings. The van der Waals surface area contributed by atoms with Crippen LogP contribution in [0.25, 0.3) is 0 Å². The molecular formula is C12H21Cl. The zero-order valence-electron chi connectivity index (χ0n) is 9.28. The van der Waals surface area contributed by atoms with E-state index in [0.29, 0.717) is 0 Å². The van der Waals surface area contributed by atoms with Crippen LogP contribution >= 0.6 is 11.6 Å². The van der Waals surface area contributed by atoms with Crippen molar-refractivity contribution >= 4 is 11.6 Å². The van der Waals surface area contributed by atoms with Crippen molar-refractivity contribution < 1.29 is 0 Å². The molecule has 1 heteroatoms. The highest BCUT2D eigenvalue weighted by Crippen LogP contribution is 2.27. The second-order valence-electron chi connectivity index (χ2n) is 4.16. The molecular weight excluding hydrogens is 180 g/mol. The number of hydrogen-bond acceptors (Lipinski definition) is 0. The Kier molecular flexibility index (Phi) is 5.39. The Morgan fingerprint density at radius 3 is 2.38 bits per heavy atom. The standard InChI is InChI=1S/C12H21Cl/c1-6-11(4)7-8-12(5,13)9-10(2)3/h7H,2,6,8-9H2,1,3-5H3/b11-7+. The summed E-state index contributed by atoms with van der Waals surface area (Å²) in [6.45, 7) is 12.3. The maximum Gasteiger partial charge on any atom is 0.0489 e. The zero-order chi connectivity index (χ0) is 10.5. The van der Waals surface area contributed by atoms with Crippen LogP contribution < -0.4 is 0 Å². The molecule has 0 saturated carbocycles. The molecule has 0 aromatic heterocycles. The molecule has 0 aliphatic heterocycles. The van der Waals surface area contributed by atoms with E-state index < -0.39 is 0 Å². The summed E-state index contributed by atoms with van der Waals surface area (Å²) in [5.41, 5.74) is 2.56. The minimum atomic E-state index is -0.151. The van der Waals surface area contributed by atoms with Crippen molar-refractivity contribution in [2.45, 2.75) is 51.8 Å². The highest BCUT2D eigenvalue weighted by atomic mass is 35.5. The van der Waals surface area contributed by atoms with Gasteiger partial charge in [-0.25, -0.2) is 0 Å². The largest absolute Gasteiger partial charge is 0.119 e. The van der Waals surface area contributed by atoms with E-state index in [9.17, 15) is 0 Å². The van der Waals surface area contributed by atoms with Gasteiger partial charge in [0.15, 0.2) is 0 Å². The quantitative estimate of drug-likeness (QED) is 0.446. The Balaban J connectivity index is 4.09. The Hall–Kier alpha value is -0.230. The van der Waals surface area contributed by atoms with E-state index in [1.54, 1.807) is 0 Å². The minimum absolute atomic E-state index is 0.151. The molecule has 1 unspecified atom stereocenters. The van der Waals surface area contributed by atoms with Gasteiger partial charge in [0.05, 0.1) is 0 Å². The summed E-state index contributed by atoms with van der Waals surface area (Å²) in [4.78, 5) is -0.151. The van der Waals surface area contributed by atoms with Crippen LogP contribution in [-0.4, -0.2) is 4.87 Å². The summed E-state index contributed by atoms with van der Waals surface area (Å²) < 4.78 is 0. The number of hydrogen-bond donors (Lipinski definition) is 0. The Labute approximate surface area is 87.7 Å². The first-order chi connectivity index (χ1) is 5.87. The number of alkyl halides is 1. The van der Waals surface area contributed by atoms with Crippen molar-refractivity contribution in [2.24, 2.45) is 0 Å². The molecule has 76 valence electrons. The monoisotopic (exact) mass is 200 g/mol. The fourth-order valence-corrected chi connectivity index (χ4v) is 1.54. The molecule has 1 atom stereocenters. The third-order valence-electron chi connectivity index (χ3n) is 2.10. The molecule has 0 aromatic carbocycles. The van der Waals surface area contributed by atoms with Crippen LogP contribution in [0.5, 0.6) is 0 Å². The molecule has 0 bridgehead atoms. The van der Waals surface area contributed by atoms with Crippen molar-refractivity contribution in [2.75, 3.05) is 0 Å². The van der Waals surface area contributed by atoms with Gasteiger partial charge in [0.2, 0.25) is 0 Å². The van der Waals surface area contributed by atoms with Crippen LogP contribution in [0.15, 0.2) is 23.8 Å². The van der Waals surface area contributed by atoms with Gasteiger partial charge in [0.25, 0.3) is 0 Å². The van der Waals surface area contributed by atoms with Gasteiger partial charge in [0.1, 0.15) is 0 Å². The number of allylic oxidation sites excluding steroid dienone is 3. The van der Waals surface area contributed by atoms with Crippen LogP contribution in [0.3, 0.4) is 0 Å². The van der Waals surface area contributed by atoms with Crippen molar-refractivity contribution in [3.05, 3.63) is 23.8 Å². The highest BCUT2D eigenvalue weighted by Gasteiger charge is 2.18. The van der Waals surface area contributed by atoms with Gasteiger partial charge in [-0.1, -0.05) is 24.1 Å². The summed E-state index contributed by atoms with van der Waals surface area (Å²) in [6, 6.07) is 0. The topological polar surface area (TPSA) is 0 Å². The molecule has 0 rings (SSSR count). The first-order valence-electron chi connectivity index (χ1n) is 4.86. The van der Waals surface area contributed by atoms with E-state index in [0.717, 1.165) is 24.8 Å². The molecule has 0 spiro atoms. The van der Waals surface area contributed by atoms with E-state index in [-0.39, 0.29) is 4.87 Å². The molecule has 0 saturated heterocycles. The SMILES string of the molecule is C=C(C)CC(C)(Cl)C/C=C(\C)CC. The zero-order valence-corrected chi connectivity index (χ0v) is 10.0. The van der Waals surface area contributed by atoms with E-state index in [4.69, 9.17) is 11.6 Å². The summed E-state index contributed by atoms with van der Waals surface area (Å²) >= 11 is 6.33. The molecule has 13 heavy (non-hydrogen) atoms. The third kappa shape index (κ3) is 6.89. The van der Waals surface area contributed by atoms with Gasteiger partial charge in [-0.05, 0) is 40.0 Å². The maximum absolute atomic E-state index is 6.33. The molecule has 0 nitrogen and oxygen atoms in total. The summed E-state index contributed by atoms with van der Waals surface area (Å²) in [7, 11) is 0. The lowest BCUT2D eigenvalue weighted by atomic mass is 9.97. The van der Waals surface area contributed by atoms with Gasteiger partial charge in [-0.3, -0.25) is 0 Å². The average molecular weight is 201 g/mol. The molecule has 0 aliphatic rings. The van der Waals surface area contributed by atoms with Crippen LogP contribution in [0.2, 0.25) is 0 Å². The van der Waals surface area contributed by atoms with Crippen LogP contribution in [0.1, 0.15) is 47.0 Å². The Morgan fingerprint density at radius 1 is 1.46 bits per heavy atom. The van der Waals surface area contributed by atoms with Crippen molar-refractivity contribution in [3.8, 4) is 0 Å². The summed E-state index contributed by atoms with van der Waals surface area (Å²) in [5, 5.41) is 0. The molecule has 0 heterocycles. The predicted molar refractivity (Wildman–Crippen MR) is 62.4 cm³/mol. The first kappa shape index (κ1) is 12.8. The van der Waals surface area contributed by atoms with E-state index >= 15 is 0 Å². The highest BCUT2D eigenvalue weighted by molar-refractivity contribution is 6.23. The lowest BCUT2D eigenvalue weighted by Crippen LogP contribution is -2.15. The van der Waals surface area contributed by atoms with E-state index in [2.05, 4.69) is 33.4 Å². The fraction of sp³-hybridized carbons (Fsp3) is 0.667. The maximum atomic E-state index is 6.33. The summed E-state index contributed by atoms with van der Waals surface area (Å²) in [5.74, 6) is 0. The Morgan fingerprint density at radius 2 is 2.00 bits per heavy atom. The predicted octanol–water partition coefficient (Wildman–Crippen LogP) is 4.70. The van der Waals surface area contributed by atoms with Gasteiger partial charge >= 0.3 is 0 Å². The second-order valence-corrected chi connectivity index (χ2v) is 5.07. The van der Waals surface area contributed by atoms with E-state index in [1.807, 2.05) is 6.92 Å². The van der Waals surface area contributed by atoms with Crippen LogP contribution in [0, 0.1) is 0 Å². The van der Waals surface area contributed by atoms with Crippen molar-refractivity contribution in [1.82, 2.24) is 0 Å². The van der Waals surface area contributed by atoms with Crippen LogP contribution in [-0.2, 0) is 0 Å². The van der Waals surface area contributed by atoms with Gasteiger partial charge in [-0.2, -0.15) is 0 Å². The smallest absolute Gasteiger partial charge is 0.0489 e.